The van der Waals surface area contributed by atoms with Crippen molar-refractivity contribution in [3.05, 3.63) is 42.1 Å². The van der Waals surface area contributed by atoms with Crippen LogP contribution in [0.5, 0.6) is 11.5 Å². The standard InChI is InChI=1S/C17H16N4O3/c1-23-13-4-2-10-6-12(9-24-14(10)7-13)17(22)20-15-5-3-11-8-18-21-16(11)19-15/h2-5,7-8,12H,6,9H2,1H3,(H2,18,19,20,21,22). The molecule has 7 nitrogen and oxygen atoms in total. The zero-order valence-electron chi connectivity index (χ0n) is 13.1. The predicted molar refractivity (Wildman–Crippen MR) is 88.2 cm³/mol. The molecule has 3 heterocycles. The third-order valence-electron chi connectivity index (χ3n) is 4.10. The maximum atomic E-state index is 12.5. The maximum absolute atomic E-state index is 12.5. The van der Waals surface area contributed by atoms with Crippen molar-refractivity contribution < 1.29 is 14.3 Å². The number of amides is 1. The summed E-state index contributed by atoms with van der Waals surface area (Å²) in [5.41, 5.74) is 1.64. The first-order chi connectivity index (χ1) is 11.7. The van der Waals surface area contributed by atoms with Crippen LogP contribution in [0.1, 0.15) is 5.56 Å². The molecule has 1 amide bonds. The summed E-state index contributed by atoms with van der Waals surface area (Å²) in [6.07, 6.45) is 2.31. The molecule has 0 saturated carbocycles. The smallest absolute Gasteiger partial charge is 0.232 e. The molecule has 0 aliphatic carbocycles. The third-order valence-corrected chi connectivity index (χ3v) is 4.10. The minimum Gasteiger partial charge on any atom is -0.497 e. The Hall–Kier alpha value is -3.09. The molecule has 7 heteroatoms. The normalized spacial score (nSPS) is 16.3. The Labute approximate surface area is 138 Å². The van der Waals surface area contributed by atoms with E-state index < -0.39 is 0 Å². The summed E-state index contributed by atoms with van der Waals surface area (Å²) >= 11 is 0. The molecule has 0 radical (unpaired) electrons. The SMILES string of the molecule is COc1ccc2c(c1)OCC(C(=O)Nc1ccc3cn[nH]c3n1)C2. The van der Waals surface area contributed by atoms with Crippen LogP contribution in [0.15, 0.2) is 36.5 Å². The molecular weight excluding hydrogens is 308 g/mol. The van der Waals surface area contributed by atoms with Crippen LogP contribution in [-0.4, -0.2) is 34.8 Å². The van der Waals surface area contributed by atoms with E-state index in [0.717, 1.165) is 22.4 Å². The Morgan fingerprint density at radius 3 is 3.17 bits per heavy atom. The maximum Gasteiger partial charge on any atom is 0.232 e. The molecule has 122 valence electrons. The van der Waals surface area contributed by atoms with Gasteiger partial charge < -0.3 is 14.8 Å². The van der Waals surface area contributed by atoms with Gasteiger partial charge in [-0.25, -0.2) is 4.98 Å². The molecule has 24 heavy (non-hydrogen) atoms. The number of benzene rings is 1. The number of aromatic nitrogens is 3. The molecule has 1 atom stereocenters. The highest BCUT2D eigenvalue weighted by Gasteiger charge is 2.26. The minimum absolute atomic E-state index is 0.108. The number of pyridine rings is 1. The summed E-state index contributed by atoms with van der Waals surface area (Å²) < 4.78 is 10.9. The second-order valence-corrected chi connectivity index (χ2v) is 5.68. The van der Waals surface area contributed by atoms with Crippen LogP contribution in [0.25, 0.3) is 11.0 Å². The molecule has 3 aromatic rings. The lowest BCUT2D eigenvalue weighted by Gasteiger charge is -2.24. The zero-order chi connectivity index (χ0) is 16.5. The molecule has 0 bridgehead atoms. The van der Waals surface area contributed by atoms with Crippen molar-refractivity contribution in [2.24, 2.45) is 5.92 Å². The number of aromatic amines is 1. The van der Waals surface area contributed by atoms with E-state index in [-0.39, 0.29) is 11.8 Å². The second-order valence-electron chi connectivity index (χ2n) is 5.68. The molecule has 4 rings (SSSR count). The van der Waals surface area contributed by atoms with Gasteiger partial charge in [-0.15, -0.1) is 0 Å². The largest absolute Gasteiger partial charge is 0.497 e. The molecule has 1 aromatic carbocycles. The highest BCUT2D eigenvalue weighted by Crippen LogP contribution is 2.31. The van der Waals surface area contributed by atoms with Crippen LogP contribution in [0.4, 0.5) is 5.82 Å². The lowest BCUT2D eigenvalue weighted by molar-refractivity contribution is -0.121. The fraction of sp³-hybridized carbons (Fsp3) is 0.235. The van der Waals surface area contributed by atoms with E-state index in [9.17, 15) is 4.79 Å². The van der Waals surface area contributed by atoms with Crippen LogP contribution in [0.2, 0.25) is 0 Å². The Kier molecular flexibility index (Phi) is 3.53. The fourth-order valence-electron chi connectivity index (χ4n) is 2.77. The summed E-state index contributed by atoms with van der Waals surface area (Å²) in [5, 5.41) is 10.5. The van der Waals surface area contributed by atoms with Gasteiger partial charge in [0.2, 0.25) is 5.91 Å². The molecule has 2 N–H and O–H groups in total. The summed E-state index contributed by atoms with van der Waals surface area (Å²) in [5.74, 6) is 1.65. The molecule has 0 saturated heterocycles. The average molecular weight is 324 g/mol. The van der Waals surface area contributed by atoms with Crippen molar-refractivity contribution in [3.63, 3.8) is 0 Å². The van der Waals surface area contributed by atoms with E-state index in [1.165, 1.54) is 0 Å². The number of rotatable bonds is 3. The van der Waals surface area contributed by atoms with Crippen LogP contribution < -0.4 is 14.8 Å². The van der Waals surface area contributed by atoms with Gasteiger partial charge in [0.25, 0.3) is 0 Å². The first kappa shape index (κ1) is 14.5. The molecule has 2 aromatic heterocycles. The monoisotopic (exact) mass is 324 g/mol. The van der Waals surface area contributed by atoms with Gasteiger partial charge in [0, 0.05) is 11.5 Å². The summed E-state index contributed by atoms with van der Waals surface area (Å²) in [6.45, 7) is 0.332. The average Bonchev–Trinajstić information content (AvgIpc) is 3.08. The van der Waals surface area contributed by atoms with Gasteiger partial charge in [-0.1, -0.05) is 6.07 Å². The number of methoxy groups -OCH3 is 1. The highest BCUT2D eigenvalue weighted by molar-refractivity contribution is 5.93. The number of anilines is 1. The van der Waals surface area contributed by atoms with Crippen LogP contribution >= 0.6 is 0 Å². The Morgan fingerprint density at radius 1 is 1.38 bits per heavy atom. The van der Waals surface area contributed by atoms with Crippen molar-refractivity contribution in [2.75, 3.05) is 19.0 Å². The molecule has 1 aliphatic heterocycles. The molecule has 1 unspecified atom stereocenters. The van der Waals surface area contributed by atoms with Crippen molar-refractivity contribution in [1.82, 2.24) is 15.2 Å². The van der Waals surface area contributed by atoms with Crippen molar-refractivity contribution in [3.8, 4) is 11.5 Å². The lowest BCUT2D eigenvalue weighted by atomic mass is 9.96. The van der Waals surface area contributed by atoms with Gasteiger partial charge in [0.1, 0.15) is 23.9 Å². The first-order valence-corrected chi connectivity index (χ1v) is 7.63. The molecule has 0 spiro atoms. The number of carbonyl (C=O) groups excluding carboxylic acids is 1. The Bertz CT molecular complexity index is 906. The van der Waals surface area contributed by atoms with Gasteiger partial charge in [0.15, 0.2) is 5.65 Å². The lowest BCUT2D eigenvalue weighted by Crippen LogP contribution is -2.32. The van der Waals surface area contributed by atoms with Crippen molar-refractivity contribution >= 4 is 22.8 Å². The van der Waals surface area contributed by atoms with E-state index in [1.807, 2.05) is 24.3 Å². The fourth-order valence-corrected chi connectivity index (χ4v) is 2.77. The number of fused-ring (bicyclic) bond motifs is 2. The number of carbonyl (C=O) groups is 1. The zero-order valence-corrected chi connectivity index (χ0v) is 13.1. The van der Waals surface area contributed by atoms with Gasteiger partial charge in [-0.3, -0.25) is 9.89 Å². The molecular formula is C17H16N4O3. The minimum atomic E-state index is -0.259. The number of nitrogens with one attached hydrogen (secondary N) is 2. The number of H-pyrrole nitrogens is 1. The van der Waals surface area contributed by atoms with Crippen LogP contribution in [0, 0.1) is 5.92 Å². The quantitative estimate of drug-likeness (QED) is 0.770. The third kappa shape index (κ3) is 2.64. The number of hydrogen-bond acceptors (Lipinski definition) is 5. The van der Waals surface area contributed by atoms with Gasteiger partial charge >= 0.3 is 0 Å². The summed E-state index contributed by atoms with van der Waals surface area (Å²) in [6, 6.07) is 9.27. The van der Waals surface area contributed by atoms with E-state index in [2.05, 4.69) is 20.5 Å². The topological polar surface area (TPSA) is 89.1 Å². The van der Waals surface area contributed by atoms with Crippen molar-refractivity contribution in [2.45, 2.75) is 6.42 Å². The first-order valence-electron chi connectivity index (χ1n) is 7.63. The Balaban J connectivity index is 1.48. The summed E-state index contributed by atoms with van der Waals surface area (Å²) in [4.78, 5) is 16.8. The predicted octanol–water partition coefficient (Wildman–Crippen LogP) is 2.16. The van der Waals surface area contributed by atoms with E-state index in [1.54, 1.807) is 19.4 Å². The molecule has 1 aliphatic rings. The van der Waals surface area contributed by atoms with Crippen LogP contribution in [0.3, 0.4) is 0 Å². The number of hydrogen-bond donors (Lipinski definition) is 2. The van der Waals surface area contributed by atoms with E-state index in [4.69, 9.17) is 9.47 Å². The van der Waals surface area contributed by atoms with Crippen molar-refractivity contribution in [1.29, 1.82) is 0 Å². The highest BCUT2D eigenvalue weighted by atomic mass is 16.5. The van der Waals surface area contributed by atoms with Gasteiger partial charge in [-0.05, 0) is 30.2 Å². The summed E-state index contributed by atoms with van der Waals surface area (Å²) in [7, 11) is 1.62. The second kappa shape index (κ2) is 5.84. The van der Waals surface area contributed by atoms with E-state index in [0.29, 0.717) is 24.5 Å². The number of nitrogens with zero attached hydrogens (tertiary/aromatic N) is 2. The van der Waals surface area contributed by atoms with Crippen LogP contribution in [-0.2, 0) is 11.2 Å². The number of ether oxygens (including phenoxy) is 2. The molecule has 0 fully saturated rings. The Morgan fingerprint density at radius 2 is 2.29 bits per heavy atom. The van der Waals surface area contributed by atoms with Gasteiger partial charge in [-0.2, -0.15) is 5.10 Å². The van der Waals surface area contributed by atoms with E-state index >= 15 is 0 Å². The van der Waals surface area contributed by atoms with Gasteiger partial charge in [0.05, 0.1) is 19.2 Å².